The van der Waals surface area contributed by atoms with E-state index in [1.54, 1.807) is 0 Å². The summed E-state index contributed by atoms with van der Waals surface area (Å²) >= 11 is 0. The SMILES string of the molecule is Cl.O=C(CC1CCCC1)NC1CCC(C(=O)N2CCCNCC2)CC1. The van der Waals surface area contributed by atoms with Crippen LogP contribution >= 0.6 is 12.4 Å². The minimum atomic E-state index is 0. The molecule has 1 heterocycles. The summed E-state index contributed by atoms with van der Waals surface area (Å²) in [6.45, 7) is 3.67. The Bertz CT molecular complexity index is 424. The molecule has 2 aliphatic carbocycles. The molecule has 0 aromatic carbocycles. The number of amides is 2. The molecule has 3 rings (SSSR count). The second kappa shape index (κ2) is 10.4. The van der Waals surface area contributed by atoms with E-state index in [0.29, 0.717) is 18.2 Å². The van der Waals surface area contributed by atoms with Crippen molar-refractivity contribution >= 4 is 24.2 Å². The third kappa shape index (κ3) is 6.14. The van der Waals surface area contributed by atoms with E-state index in [4.69, 9.17) is 0 Å². The van der Waals surface area contributed by atoms with Crippen LogP contribution in [0.5, 0.6) is 0 Å². The van der Waals surface area contributed by atoms with Gasteiger partial charge in [-0.3, -0.25) is 9.59 Å². The van der Waals surface area contributed by atoms with Gasteiger partial charge < -0.3 is 15.5 Å². The first kappa shape index (κ1) is 20.5. The van der Waals surface area contributed by atoms with Crippen LogP contribution in [0.25, 0.3) is 0 Å². The highest BCUT2D eigenvalue weighted by Crippen LogP contribution is 2.29. The molecule has 0 atom stereocenters. The summed E-state index contributed by atoms with van der Waals surface area (Å²) in [7, 11) is 0. The number of rotatable bonds is 4. The van der Waals surface area contributed by atoms with Gasteiger partial charge in [0.1, 0.15) is 0 Å². The van der Waals surface area contributed by atoms with Gasteiger partial charge in [-0.2, -0.15) is 0 Å². The zero-order chi connectivity index (χ0) is 16.8. The Balaban J connectivity index is 0.00000225. The topological polar surface area (TPSA) is 61.4 Å². The van der Waals surface area contributed by atoms with E-state index >= 15 is 0 Å². The molecule has 0 unspecified atom stereocenters. The maximum absolute atomic E-state index is 12.7. The summed E-state index contributed by atoms with van der Waals surface area (Å²) in [6, 6.07) is 0.286. The van der Waals surface area contributed by atoms with E-state index in [9.17, 15) is 9.59 Å². The van der Waals surface area contributed by atoms with Crippen LogP contribution in [0.3, 0.4) is 0 Å². The Morgan fingerprint density at radius 1 is 0.920 bits per heavy atom. The van der Waals surface area contributed by atoms with Crippen LogP contribution in [0.1, 0.15) is 64.2 Å². The fraction of sp³-hybridized carbons (Fsp3) is 0.895. The molecular weight excluding hydrogens is 338 g/mol. The first-order valence-electron chi connectivity index (χ1n) is 10.0. The minimum Gasteiger partial charge on any atom is -0.353 e. The van der Waals surface area contributed by atoms with Gasteiger partial charge in [0.25, 0.3) is 0 Å². The second-order valence-electron chi connectivity index (χ2n) is 7.90. The van der Waals surface area contributed by atoms with Crippen molar-refractivity contribution in [2.45, 2.75) is 70.3 Å². The molecule has 2 amide bonds. The van der Waals surface area contributed by atoms with Gasteiger partial charge in [0.05, 0.1) is 0 Å². The quantitative estimate of drug-likeness (QED) is 0.798. The Kier molecular flexibility index (Phi) is 8.50. The lowest BCUT2D eigenvalue weighted by atomic mass is 9.85. The van der Waals surface area contributed by atoms with E-state index in [-0.39, 0.29) is 30.3 Å². The smallest absolute Gasteiger partial charge is 0.225 e. The molecular formula is C19H34ClN3O2. The zero-order valence-corrected chi connectivity index (χ0v) is 16.1. The van der Waals surface area contributed by atoms with E-state index < -0.39 is 0 Å². The number of hydrogen-bond donors (Lipinski definition) is 2. The molecule has 0 spiro atoms. The molecule has 1 saturated heterocycles. The highest BCUT2D eigenvalue weighted by molar-refractivity contribution is 5.85. The van der Waals surface area contributed by atoms with Gasteiger partial charge in [-0.25, -0.2) is 0 Å². The summed E-state index contributed by atoms with van der Waals surface area (Å²) in [6.07, 6.45) is 10.6. The molecule has 0 radical (unpaired) electrons. The zero-order valence-electron chi connectivity index (χ0n) is 15.3. The highest BCUT2D eigenvalue weighted by atomic mass is 35.5. The minimum absolute atomic E-state index is 0. The summed E-state index contributed by atoms with van der Waals surface area (Å²) in [5.41, 5.74) is 0. The van der Waals surface area contributed by atoms with Crippen LogP contribution in [0.4, 0.5) is 0 Å². The summed E-state index contributed by atoms with van der Waals surface area (Å²) in [5.74, 6) is 1.36. The molecule has 3 aliphatic rings. The Labute approximate surface area is 158 Å². The van der Waals surface area contributed by atoms with Gasteiger partial charge in [0.2, 0.25) is 11.8 Å². The molecule has 2 N–H and O–H groups in total. The summed E-state index contributed by atoms with van der Waals surface area (Å²) in [5, 5.41) is 6.57. The molecule has 2 saturated carbocycles. The van der Waals surface area contributed by atoms with E-state index in [2.05, 4.69) is 10.6 Å². The van der Waals surface area contributed by atoms with Crippen molar-refractivity contribution in [3.05, 3.63) is 0 Å². The number of hydrogen-bond acceptors (Lipinski definition) is 3. The fourth-order valence-electron chi connectivity index (χ4n) is 4.57. The van der Waals surface area contributed by atoms with Gasteiger partial charge in [0, 0.05) is 38.0 Å². The van der Waals surface area contributed by atoms with Crippen molar-refractivity contribution in [2.75, 3.05) is 26.2 Å². The van der Waals surface area contributed by atoms with Gasteiger partial charge in [-0.15, -0.1) is 12.4 Å². The predicted octanol–water partition coefficient (Wildman–Crippen LogP) is 2.49. The van der Waals surface area contributed by atoms with Crippen LogP contribution < -0.4 is 10.6 Å². The Morgan fingerprint density at radius 2 is 1.64 bits per heavy atom. The average Bonchev–Trinajstić information content (AvgIpc) is 2.94. The van der Waals surface area contributed by atoms with Crippen molar-refractivity contribution in [1.29, 1.82) is 0 Å². The maximum atomic E-state index is 12.7. The maximum Gasteiger partial charge on any atom is 0.225 e. The molecule has 5 nitrogen and oxygen atoms in total. The number of nitrogens with zero attached hydrogens (tertiary/aromatic N) is 1. The Hall–Kier alpha value is -0.810. The monoisotopic (exact) mass is 371 g/mol. The molecule has 1 aliphatic heterocycles. The first-order valence-corrected chi connectivity index (χ1v) is 10.0. The predicted molar refractivity (Wildman–Crippen MR) is 102 cm³/mol. The number of halogens is 1. The van der Waals surface area contributed by atoms with Crippen LogP contribution in [0.15, 0.2) is 0 Å². The Morgan fingerprint density at radius 3 is 2.36 bits per heavy atom. The van der Waals surface area contributed by atoms with Gasteiger partial charge in [-0.1, -0.05) is 12.8 Å². The van der Waals surface area contributed by atoms with Crippen LogP contribution in [-0.4, -0.2) is 48.9 Å². The lowest BCUT2D eigenvalue weighted by Crippen LogP contribution is -2.43. The third-order valence-electron chi connectivity index (χ3n) is 6.04. The van der Waals surface area contributed by atoms with Gasteiger partial charge in [-0.05, 0) is 57.4 Å². The lowest BCUT2D eigenvalue weighted by Gasteiger charge is -2.32. The fourth-order valence-corrected chi connectivity index (χ4v) is 4.57. The van der Waals surface area contributed by atoms with Crippen molar-refractivity contribution in [3.8, 4) is 0 Å². The normalized spacial score (nSPS) is 28.1. The van der Waals surface area contributed by atoms with Crippen molar-refractivity contribution in [3.63, 3.8) is 0 Å². The number of nitrogens with one attached hydrogen (secondary N) is 2. The molecule has 6 heteroatoms. The van der Waals surface area contributed by atoms with E-state index in [0.717, 1.165) is 58.3 Å². The van der Waals surface area contributed by atoms with Crippen molar-refractivity contribution < 1.29 is 9.59 Å². The summed E-state index contributed by atoms with van der Waals surface area (Å²) in [4.78, 5) is 26.9. The lowest BCUT2D eigenvalue weighted by molar-refractivity contribution is -0.136. The average molecular weight is 372 g/mol. The van der Waals surface area contributed by atoms with Crippen LogP contribution in [-0.2, 0) is 9.59 Å². The molecule has 144 valence electrons. The second-order valence-corrected chi connectivity index (χ2v) is 7.90. The largest absolute Gasteiger partial charge is 0.353 e. The first-order chi connectivity index (χ1) is 11.7. The molecule has 0 bridgehead atoms. The third-order valence-corrected chi connectivity index (χ3v) is 6.04. The van der Waals surface area contributed by atoms with Gasteiger partial charge >= 0.3 is 0 Å². The molecule has 0 aromatic heterocycles. The number of carbonyl (C=O) groups is 2. The van der Waals surface area contributed by atoms with Crippen LogP contribution in [0.2, 0.25) is 0 Å². The summed E-state index contributed by atoms with van der Waals surface area (Å²) < 4.78 is 0. The van der Waals surface area contributed by atoms with Crippen LogP contribution in [0, 0.1) is 11.8 Å². The standard InChI is InChI=1S/C19H33N3O2.ClH/c23-18(14-15-4-1-2-5-15)21-17-8-6-16(7-9-17)19(24)22-12-3-10-20-11-13-22;/h15-17,20H,1-14H2,(H,21,23);1H. The molecule has 25 heavy (non-hydrogen) atoms. The van der Waals surface area contributed by atoms with Crippen molar-refractivity contribution in [2.24, 2.45) is 11.8 Å². The number of carbonyl (C=O) groups excluding carboxylic acids is 2. The van der Waals surface area contributed by atoms with Gasteiger partial charge in [0.15, 0.2) is 0 Å². The highest BCUT2D eigenvalue weighted by Gasteiger charge is 2.30. The van der Waals surface area contributed by atoms with E-state index in [1.165, 1.54) is 25.7 Å². The molecule has 0 aromatic rings. The van der Waals surface area contributed by atoms with Crippen molar-refractivity contribution in [1.82, 2.24) is 15.5 Å². The van der Waals surface area contributed by atoms with E-state index in [1.807, 2.05) is 4.90 Å². The molecule has 3 fully saturated rings.